The van der Waals surface area contributed by atoms with Crippen molar-refractivity contribution in [1.29, 1.82) is 0 Å². The summed E-state index contributed by atoms with van der Waals surface area (Å²) in [5.74, 6) is 1.79. The maximum Gasteiger partial charge on any atom is 0.249 e. The molecule has 2 saturated heterocycles. The molecule has 30 heavy (non-hydrogen) atoms. The van der Waals surface area contributed by atoms with E-state index in [4.69, 9.17) is 0 Å². The number of hydrogen-bond donors (Lipinski definition) is 0. The van der Waals surface area contributed by atoms with Crippen LogP contribution >= 0.6 is 11.5 Å². The molecule has 5 rings (SSSR count). The number of amides is 1. The second kappa shape index (κ2) is 7.32. The molecule has 9 heteroatoms. The van der Waals surface area contributed by atoms with Crippen molar-refractivity contribution in [3.8, 4) is 10.7 Å². The first-order valence-electron chi connectivity index (χ1n) is 10.0. The molecular formula is C21H23N7OS. The zero-order chi connectivity index (χ0) is 20.7. The molecule has 4 heterocycles. The molecule has 1 amide bonds. The Balaban J connectivity index is 1.34. The minimum Gasteiger partial charge on any atom is -0.355 e. The SMILES string of the molecule is Cc1nsc(-c2ccc(N3CCC4(CC3)C(=O)N(C)CN4c3ccccc3)nn2)n1. The van der Waals surface area contributed by atoms with Crippen LogP contribution < -0.4 is 9.80 Å². The van der Waals surface area contributed by atoms with Crippen LogP contribution in [0.5, 0.6) is 0 Å². The highest BCUT2D eigenvalue weighted by Gasteiger charge is 2.52. The third-order valence-corrected chi connectivity index (χ3v) is 6.82. The highest BCUT2D eigenvalue weighted by Crippen LogP contribution is 2.39. The number of para-hydroxylation sites is 1. The average Bonchev–Trinajstić information content (AvgIpc) is 3.32. The van der Waals surface area contributed by atoms with Gasteiger partial charge in [0, 0.05) is 25.8 Å². The van der Waals surface area contributed by atoms with Gasteiger partial charge >= 0.3 is 0 Å². The summed E-state index contributed by atoms with van der Waals surface area (Å²) in [6.07, 6.45) is 1.51. The summed E-state index contributed by atoms with van der Waals surface area (Å²) in [7, 11) is 1.89. The van der Waals surface area contributed by atoms with Crippen LogP contribution in [0, 0.1) is 6.92 Å². The summed E-state index contributed by atoms with van der Waals surface area (Å²) in [5.41, 5.74) is 1.35. The maximum atomic E-state index is 13.1. The third-order valence-electron chi connectivity index (χ3n) is 5.99. The Morgan fingerprint density at radius 3 is 2.43 bits per heavy atom. The van der Waals surface area contributed by atoms with Gasteiger partial charge in [-0.05, 0) is 55.6 Å². The van der Waals surface area contributed by atoms with Crippen molar-refractivity contribution in [2.24, 2.45) is 0 Å². The van der Waals surface area contributed by atoms with Crippen LogP contribution in [0.4, 0.5) is 11.5 Å². The Morgan fingerprint density at radius 2 is 1.80 bits per heavy atom. The van der Waals surface area contributed by atoms with Crippen molar-refractivity contribution < 1.29 is 4.79 Å². The van der Waals surface area contributed by atoms with Gasteiger partial charge in [-0.3, -0.25) is 4.79 Å². The van der Waals surface area contributed by atoms with Crippen molar-refractivity contribution in [1.82, 2.24) is 24.5 Å². The number of anilines is 2. The maximum absolute atomic E-state index is 13.1. The van der Waals surface area contributed by atoms with Crippen LogP contribution in [0.25, 0.3) is 10.7 Å². The van der Waals surface area contributed by atoms with Gasteiger partial charge in [-0.15, -0.1) is 10.2 Å². The van der Waals surface area contributed by atoms with Gasteiger partial charge in [0.15, 0.2) is 10.8 Å². The largest absolute Gasteiger partial charge is 0.355 e. The molecule has 0 saturated carbocycles. The van der Waals surface area contributed by atoms with E-state index in [1.165, 1.54) is 11.5 Å². The molecular weight excluding hydrogens is 398 g/mol. The molecule has 0 N–H and O–H groups in total. The Kier molecular flexibility index (Phi) is 4.62. The van der Waals surface area contributed by atoms with E-state index in [1.54, 1.807) is 0 Å². The first kappa shape index (κ1) is 18.9. The van der Waals surface area contributed by atoms with Crippen LogP contribution in [0.1, 0.15) is 18.7 Å². The molecule has 1 spiro atoms. The lowest BCUT2D eigenvalue weighted by Crippen LogP contribution is -2.56. The van der Waals surface area contributed by atoms with Crippen molar-refractivity contribution in [2.75, 3.05) is 36.6 Å². The Labute approximate surface area is 179 Å². The lowest BCUT2D eigenvalue weighted by molar-refractivity contribution is -0.131. The summed E-state index contributed by atoms with van der Waals surface area (Å²) in [6, 6.07) is 14.1. The van der Waals surface area contributed by atoms with Gasteiger partial charge in [0.25, 0.3) is 0 Å². The van der Waals surface area contributed by atoms with E-state index in [-0.39, 0.29) is 5.91 Å². The monoisotopic (exact) mass is 421 g/mol. The number of rotatable bonds is 3. The number of benzene rings is 1. The van der Waals surface area contributed by atoms with E-state index in [0.29, 0.717) is 6.67 Å². The highest BCUT2D eigenvalue weighted by atomic mass is 32.1. The minimum absolute atomic E-state index is 0.207. The number of likely N-dealkylation sites (N-methyl/N-ethyl adjacent to an activating group) is 1. The van der Waals surface area contributed by atoms with E-state index in [1.807, 2.05) is 49.2 Å². The minimum atomic E-state index is -0.482. The Morgan fingerprint density at radius 1 is 1.03 bits per heavy atom. The number of aromatic nitrogens is 4. The van der Waals surface area contributed by atoms with Gasteiger partial charge < -0.3 is 14.7 Å². The molecule has 154 valence electrons. The second-order valence-electron chi connectivity index (χ2n) is 7.85. The summed E-state index contributed by atoms with van der Waals surface area (Å²) in [5, 5.41) is 9.55. The molecule has 2 aromatic heterocycles. The molecule has 1 aromatic carbocycles. The molecule has 0 aliphatic carbocycles. The van der Waals surface area contributed by atoms with Crippen molar-refractivity contribution in [2.45, 2.75) is 25.3 Å². The molecule has 0 radical (unpaired) electrons. The first-order chi connectivity index (χ1) is 14.6. The smallest absolute Gasteiger partial charge is 0.249 e. The molecule has 2 aliphatic heterocycles. The van der Waals surface area contributed by atoms with Gasteiger partial charge in [0.2, 0.25) is 5.91 Å². The number of piperidine rings is 1. The quantitative estimate of drug-likeness (QED) is 0.643. The fourth-order valence-corrected chi connectivity index (χ4v) is 5.05. The number of nitrogens with zero attached hydrogens (tertiary/aromatic N) is 7. The Bertz CT molecular complexity index is 1040. The van der Waals surface area contributed by atoms with E-state index < -0.39 is 5.54 Å². The predicted octanol–water partition coefficient (Wildman–Crippen LogP) is 2.58. The lowest BCUT2D eigenvalue weighted by atomic mass is 9.85. The zero-order valence-electron chi connectivity index (χ0n) is 17.0. The van der Waals surface area contributed by atoms with Crippen LogP contribution in [0.3, 0.4) is 0 Å². The van der Waals surface area contributed by atoms with E-state index in [2.05, 4.69) is 41.5 Å². The Hall–Kier alpha value is -3.07. The van der Waals surface area contributed by atoms with Crippen LogP contribution in [-0.2, 0) is 4.79 Å². The predicted molar refractivity (Wildman–Crippen MR) is 116 cm³/mol. The summed E-state index contributed by atoms with van der Waals surface area (Å²) in [4.78, 5) is 23.8. The molecule has 2 fully saturated rings. The number of carbonyl (C=O) groups is 1. The summed E-state index contributed by atoms with van der Waals surface area (Å²) < 4.78 is 4.20. The van der Waals surface area contributed by atoms with Gasteiger partial charge in [0.05, 0.1) is 6.67 Å². The summed E-state index contributed by atoms with van der Waals surface area (Å²) >= 11 is 1.33. The highest BCUT2D eigenvalue weighted by molar-refractivity contribution is 7.09. The fourth-order valence-electron chi connectivity index (χ4n) is 4.42. The number of hydrogen-bond acceptors (Lipinski definition) is 8. The molecule has 8 nitrogen and oxygen atoms in total. The van der Waals surface area contributed by atoms with Crippen molar-refractivity contribution in [3.05, 3.63) is 48.3 Å². The van der Waals surface area contributed by atoms with Crippen molar-refractivity contribution >= 4 is 28.9 Å². The van der Waals surface area contributed by atoms with Crippen LogP contribution in [-0.4, -0.2) is 62.7 Å². The number of carbonyl (C=O) groups excluding carboxylic acids is 1. The fraction of sp³-hybridized carbons (Fsp3) is 0.381. The van der Waals surface area contributed by atoms with Crippen LogP contribution in [0.15, 0.2) is 42.5 Å². The van der Waals surface area contributed by atoms with Gasteiger partial charge in [-0.2, -0.15) is 4.37 Å². The van der Waals surface area contributed by atoms with Crippen LogP contribution in [0.2, 0.25) is 0 Å². The molecule has 2 aliphatic rings. The standard InChI is InChI=1S/C21H23N7OS/c1-15-22-19(30-25-15)17-8-9-18(24-23-17)27-12-10-21(11-13-27)20(29)26(2)14-28(21)16-6-4-3-5-7-16/h3-9H,10-14H2,1-2H3. The second-order valence-corrected chi connectivity index (χ2v) is 8.60. The van der Waals surface area contributed by atoms with E-state index >= 15 is 0 Å². The van der Waals surface area contributed by atoms with Gasteiger partial charge in [-0.25, -0.2) is 4.98 Å². The average molecular weight is 422 g/mol. The summed E-state index contributed by atoms with van der Waals surface area (Å²) in [6.45, 7) is 4.01. The lowest BCUT2D eigenvalue weighted by Gasteiger charge is -2.43. The molecule has 0 atom stereocenters. The molecule has 0 unspecified atom stereocenters. The van der Waals surface area contributed by atoms with E-state index in [0.717, 1.165) is 54.0 Å². The van der Waals surface area contributed by atoms with Crippen molar-refractivity contribution in [3.63, 3.8) is 0 Å². The van der Waals surface area contributed by atoms with E-state index in [9.17, 15) is 4.79 Å². The van der Waals surface area contributed by atoms with Gasteiger partial charge in [-0.1, -0.05) is 18.2 Å². The molecule has 3 aromatic rings. The molecule has 0 bridgehead atoms. The normalized spacial score (nSPS) is 18.5. The zero-order valence-corrected chi connectivity index (χ0v) is 17.8. The first-order valence-corrected chi connectivity index (χ1v) is 10.8. The van der Waals surface area contributed by atoms with Gasteiger partial charge in [0.1, 0.15) is 17.1 Å². The number of aryl methyl sites for hydroxylation is 1. The third kappa shape index (κ3) is 3.09. The topological polar surface area (TPSA) is 78.4 Å².